The van der Waals surface area contributed by atoms with Crippen molar-refractivity contribution in [1.29, 1.82) is 0 Å². The zero-order valence-electron chi connectivity index (χ0n) is 5.59. The molecule has 2 amide bonds. The van der Waals surface area contributed by atoms with E-state index >= 15 is 0 Å². The lowest BCUT2D eigenvalue weighted by molar-refractivity contribution is -0.126. The molecule has 1 heterocycles. The average Bonchev–Trinajstić information content (AvgIpc) is 2.39. The first-order chi connectivity index (χ1) is 4.79. The van der Waals surface area contributed by atoms with Crippen LogP contribution in [0.5, 0.6) is 0 Å². The molecular weight excluding hydrogens is 130 g/mol. The molecule has 1 saturated carbocycles. The number of hydrogen-bond donors (Lipinski definition) is 1. The average molecular weight is 139 g/mol. The number of carbonyl (C=O) groups excluding carboxylic acids is 2. The zero-order chi connectivity index (χ0) is 7.14. The summed E-state index contributed by atoms with van der Waals surface area (Å²) in [5, 5.41) is 2.34. The Morgan fingerprint density at radius 1 is 1.10 bits per heavy atom. The molecule has 54 valence electrons. The Hall–Kier alpha value is -0.860. The third kappa shape index (κ3) is 0.602. The molecule has 3 heteroatoms. The quantitative estimate of drug-likeness (QED) is 0.482. The summed E-state index contributed by atoms with van der Waals surface area (Å²) in [5.41, 5.74) is 0. The number of imide groups is 1. The van der Waals surface area contributed by atoms with Gasteiger partial charge in [-0.15, -0.1) is 0 Å². The lowest BCUT2D eigenvalue weighted by Crippen LogP contribution is -2.23. The first-order valence-corrected chi connectivity index (χ1v) is 3.64. The molecule has 0 bridgehead atoms. The van der Waals surface area contributed by atoms with Crippen molar-refractivity contribution in [2.45, 2.75) is 19.3 Å². The van der Waals surface area contributed by atoms with Gasteiger partial charge in [-0.1, -0.05) is 6.42 Å². The molecule has 0 aromatic rings. The van der Waals surface area contributed by atoms with Crippen LogP contribution in [0.2, 0.25) is 0 Å². The summed E-state index contributed by atoms with van der Waals surface area (Å²) in [6.07, 6.45) is 2.85. The molecule has 1 aliphatic heterocycles. The Bertz CT molecular complexity index is 180. The van der Waals surface area contributed by atoms with Gasteiger partial charge >= 0.3 is 0 Å². The molecule has 3 nitrogen and oxygen atoms in total. The summed E-state index contributed by atoms with van der Waals surface area (Å²) in [4.78, 5) is 21.9. The minimum atomic E-state index is -0.0486. The van der Waals surface area contributed by atoms with Crippen LogP contribution >= 0.6 is 0 Å². The van der Waals surface area contributed by atoms with Crippen molar-refractivity contribution in [1.82, 2.24) is 5.32 Å². The molecule has 0 spiro atoms. The zero-order valence-corrected chi connectivity index (χ0v) is 5.59. The largest absolute Gasteiger partial charge is 0.296 e. The highest BCUT2D eigenvalue weighted by Crippen LogP contribution is 2.35. The van der Waals surface area contributed by atoms with Gasteiger partial charge in [0.1, 0.15) is 0 Å². The van der Waals surface area contributed by atoms with E-state index in [2.05, 4.69) is 5.32 Å². The SMILES string of the molecule is O=C1NC(=O)[C@H]2CCC[C@H]12. The molecule has 1 aliphatic carbocycles. The molecule has 2 aliphatic rings. The van der Waals surface area contributed by atoms with Crippen LogP contribution in [-0.2, 0) is 9.59 Å². The summed E-state index contributed by atoms with van der Waals surface area (Å²) in [7, 11) is 0. The number of amides is 2. The van der Waals surface area contributed by atoms with Crippen molar-refractivity contribution in [2.24, 2.45) is 11.8 Å². The molecule has 2 rings (SSSR count). The Morgan fingerprint density at radius 2 is 1.60 bits per heavy atom. The predicted octanol–water partition coefficient (Wildman–Crippen LogP) is 0.0591. The summed E-state index contributed by atoms with van der Waals surface area (Å²) < 4.78 is 0. The predicted molar refractivity (Wildman–Crippen MR) is 34.0 cm³/mol. The summed E-state index contributed by atoms with van der Waals surface area (Å²) in [5.74, 6) is -0.0556. The highest BCUT2D eigenvalue weighted by atomic mass is 16.2. The van der Waals surface area contributed by atoms with Gasteiger partial charge in [0, 0.05) is 11.8 Å². The van der Waals surface area contributed by atoms with Crippen LogP contribution in [0, 0.1) is 11.8 Å². The fraction of sp³-hybridized carbons (Fsp3) is 0.714. The molecule has 0 unspecified atom stereocenters. The van der Waals surface area contributed by atoms with E-state index in [-0.39, 0.29) is 23.7 Å². The van der Waals surface area contributed by atoms with Crippen LogP contribution in [0.15, 0.2) is 0 Å². The summed E-state index contributed by atoms with van der Waals surface area (Å²) in [6, 6.07) is 0. The second-order valence-corrected chi connectivity index (χ2v) is 3.00. The van der Waals surface area contributed by atoms with E-state index in [1.54, 1.807) is 0 Å². The minimum Gasteiger partial charge on any atom is -0.296 e. The van der Waals surface area contributed by atoms with Crippen molar-refractivity contribution in [3.63, 3.8) is 0 Å². The van der Waals surface area contributed by atoms with Gasteiger partial charge in [0.05, 0.1) is 0 Å². The van der Waals surface area contributed by atoms with Gasteiger partial charge in [-0.2, -0.15) is 0 Å². The topological polar surface area (TPSA) is 46.2 Å². The van der Waals surface area contributed by atoms with Gasteiger partial charge < -0.3 is 0 Å². The van der Waals surface area contributed by atoms with Crippen molar-refractivity contribution in [3.05, 3.63) is 0 Å². The van der Waals surface area contributed by atoms with E-state index in [4.69, 9.17) is 0 Å². The van der Waals surface area contributed by atoms with Gasteiger partial charge in [0.15, 0.2) is 0 Å². The van der Waals surface area contributed by atoms with Crippen LogP contribution in [0.1, 0.15) is 19.3 Å². The molecule has 0 aromatic carbocycles. The third-order valence-corrected chi connectivity index (χ3v) is 2.44. The van der Waals surface area contributed by atoms with Gasteiger partial charge in [-0.05, 0) is 12.8 Å². The second-order valence-electron chi connectivity index (χ2n) is 3.00. The Balaban J connectivity index is 2.27. The van der Waals surface area contributed by atoms with Crippen LogP contribution < -0.4 is 5.32 Å². The van der Waals surface area contributed by atoms with Crippen LogP contribution in [0.25, 0.3) is 0 Å². The lowest BCUT2D eigenvalue weighted by Gasteiger charge is -1.98. The van der Waals surface area contributed by atoms with Gasteiger partial charge in [0.25, 0.3) is 0 Å². The summed E-state index contributed by atoms with van der Waals surface area (Å²) >= 11 is 0. The van der Waals surface area contributed by atoms with Gasteiger partial charge in [0.2, 0.25) is 11.8 Å². The molecular formula is C7H9NO2. The highest BCUT2D eigenvalue weighted by Gasteiger charge is 2.44. The number of nitrogens with one attached hydrogen (secondary N) is 1. The van der Waals surface area contributed by atoms with E-state index in [0.29, 0.717) is 0 Å². The molecule has 0 aromatic heterocycles. The minimum absolute atomic E-state index is 0.0208. The number of fused-ring (bicyclic) bond motifs is 1. The van der Waals surface area contributed by atoms with E-state index in [0.717, 1.165) is 19.3 Å². The number of rotatable bonds is 0. The van der Waals surface area contributed by atoms with Gasteiger partial charge in [-0.3, -0.25) is 14.9 Å². The summed E-state index contributed by atoms with van der Waals surface area (Å²) in [6.45, 7) is 0. The Kier molecular flexibility index (Phi) is 1.07. The number of hydrogen-bond acceptors (Lipinski definition) is 2. The highest BCUT2D eigenvalue weighted by molar-refractivity contribution is 6.05. The molecule has 10 heavy (non-hydrogen) atoms. The number of carbonyl (C=O) groups is 2. The smallest absolute Gasteiger partial charge is 0.230 e. The Morgan fingerprint density at radius 3 is 2.10 bits per heavy atom. The van der Waals surface area contributed by atoms with Crippen LogP contribution in [0.4, 0.5) is 0 Å². The lowest BCUT2D eigenvalue weighted by atomic mass is 10.00. The first-order valence-electron chi connectivity index (χ1n) is 3.64. The maximum Gasteiger partial charge on any atom is 0.230 e. The van der Waals surface area contributed by atoms with E-state index in [9.17, 15) is 9.59 Å². The Labute approximate surface area is 58.8 Å². The molecule has 1 N–H and O–H groups in total. The fourth-order valence-electron chi connectivity index (χ4n) is 1.89. The maximum absolute atomic E-state index is 10.9. The monoisotopic (exact) mass is 139 g/mol. The van der Waals surface area contributed by atoms with Gasteiger partial charge in [-0.25, -0.2) is 0 Å². The van der Waals surface area contributed by atoms with Crippen LogP contribution in [0.3, 0.4) is 0 Å². The third-order valence-electron chi connectivity index (χ3n) is 2.44. The first kappa shape index (κ1) is 5.89. The van der Waals surface area contributed by atoms with E-state index < -0.39 is 0 Å². The second kappa shape index (κ2) is 1.81. The van der Waals surface area contributed by atoms with E-state index in [1.807, 2.05) is 0 Å². The van der Waals surface area contributed by atoms with Crippen LogP contribution in [-0.4, -0.2) is 11.8 Å². The standard InChI is InChI=1S/C7H9NO2/c9-6-4-2-1-3-5(4)7(10)8-6/h4-5H,1-3H2,(H,8,9,10)/t4-,5-/m0/s1. The molecule has 2 fully saturated rings. The van der Waals surface area contributed by atoms with Crippen molar-refractivity contribution in [2.75, 3.05) is 0 Å². The molecule has 1 saturated heterocycles. The van der Waals surface area contributed by atoms with Crippen molar-refractivity contribution < 1.29 is 9.59 Å². The van der Waals surface area contributed by atoms with Crippen molar-refractivity contribution >= 4 is 11.8 Å². The maximum atomic E-state index is 10.9. The van der Waals surface area contributed by atoms with Crippen molar-refractivity contribution in [3.8, 4) is 0 Å². The molecule has 2 atom stereocenters. The normalized spacial score (nSPS) is 38.0. The fourth-order valence-corrected chi connectivity index (χ4v) is 1.89. The van der Waals surface area contributed by atoms with E-state index in [1.165, 1.54) is 0 Å². The molecule has 0 radical (unpaired) electrons.